The largest absolute Gasteiger partial charge is 0.461 e. The fourth-order valence-electron chi connectivity index (χ4n) is 3.18. The Labute approximate surface area is 119 Å². The molecule has 2 aliphatic rings. The molecule has 0 radical (unpaired) electrons. The first kappa shape index (κ1) is 11.5. The van der Waals surface area contributed by atoms with Gasteiger partial charge in [0.15, 0.2) is 0 Å². The average molecular weight is 260 g/mol. The zero-order valence-electron chi connectivity index (χ0n) is 11.5. The lowest BCUT2D eigenvalue weighted by Gasteiger charge is -2.22. The van der Waals surface area contributed by atoms with Crippen molar-refractivity contribution in [3.8, 4) is 0 Å². The van der Waals surface area contributed by atoms with Gasteiger partial charge < -0.3 is 4.74 Å². The maximum absolute atomic E-state index is 6.19. The van der Waals surface area contributed by atoms with Crippen LogP contribution in [0.25, 0.3) is 11.3 Å². The van der Waals surface area contributed by atoms with E-state index in [9.17, 15) is 0 Å². The molecule has 1 atom stereocenters. The van der Waals surface area contributed by atoms with Crippen molar-refractivity contribution < 1.29 is 4.74 Å². The second-order valence-corrected chi connectivity index (χ2v) is 5.46. The van der Waals surface area contributed by atoms with E-state index in [1.165, 1.54) is 16.7 Å². The molecule has 2 aromatic rings. The Morgan fingerprint density at radius 2 is 1.70 bits per heavy atom. The van der Waals surface area contributed by atoms with Crippen molar-refractivity contribution in [1.29, 1.82) is 0 Å². The predicted molar refractivity (Wildman–Crippen MR) is 81.7 cm³/mol. The van der Waals surface area contributed by atoms with Crippen molar-refractivity contribution in [1.82, 2.24) is 0 Å². The number of hydrogen-bond acceptors (Lipinski definition) is 1. The summed E-state index contributed by atoms with van der Waals surface area (Å²) in [5, 5.41) is 0. The van der Waals surface area contributed by atoms with Gasteiger partial charge >= 0.3 is 0 Å². The molecule has 1 aliphatic carbocycles. The fraction of sp³-hybridized carbons (Fsp3) is 0.158. The highest BCUT2D eigenvalue weighted by Crippen LogP contribution is 2.44. The zero-order chi connectivity index (χ0) is 13.5. The van der Waals surface area contributed by atoms with Gasteiger partial charge in [0.25, 0.3) is 0 Å². The van der Waals surface area contributed by atoms with Crippen LogP contribution in [0.1, 0.15) is 23.6 Å². The van der Waals surface area contributed by atoms with Crippen LogP contribution in [0.3, 0.4) is 0 Å². The second kappa shape index (κ2) is 4.38. The number of hydrogen-bond donors (Lipinski definition) is 0. The monoisotopic (exact) mass is 260 g/mol. The molecule has 0 bridgehead atoms. The molecule has 0 saturated carbocycles. The lowest BCUT2D eigenvalue weighted by molar-refractivity contribution is 0.365. The van der Waals surface area contributed by atoms with Crippen LogP contribution in [-0.2, 0) is 11.2 Å². The van der Waals surface area contributed by atoms with E-state index in [0.717, 1.165) is 23.5 Å². The smallest absolute Gasteiger partial charge is 0.130 e. The van der Waals surface area contributed by atoms with Crippen LogP contribution in [-0.4, -0.2) is 0 Å². The number of rotatable bonds is 1. The van der Waals surface area contributed by atoms with Crippen molar-refractivity contribution in [2.75, 3.05) is 0 Å². The Morgan fingerprint density at radius 3 is 2.55 bits per heavy atom. The molecule has 1 heterocycles. The van der Waals surface area contributed by atoms with Crippen molar-refractivity contribution >= 4 is 11.3 Å². The molecule has 1 heteroatoms. The number of benzene rings is 2. The summed E-state index contributed by atoms with van der Waals surface area (Å²) in [7, 11) is 0. The molecular weight excluding hydrogens is 244 g/mol. The van der Waals surface area contributed by atoms with Crippen LogP contribution in [0.5, 0.6) is 0 Å². The van der Waals surface area contributed by atoms with Gasteiger partial charge in [-0.05, 0) is 17.2 Å². The van der Waals surface area contributed by atoms with Crippen LogP contribution in [0.15, 0.2) is 66.4 Å². The van der Waals surface area contributed by atoms with Crippen molar-refractivity contribution in [2.24, 2.45) is 5.92 Å². The highest BCUT2D eigenvalue weighted by atomic mass is 16.5. The Balaban J connectivity index is 1.73. The van der Waals surface area contributed by atoms with Crippen LogP contribution in [0.2, 0.25) is 0 Å². The standard InChI is InChI=1S/C19H16O/c1-13-11-17(14-7-3-2-4-8-14)20-18-12-15-9-5-6-10-16(15)19(13)18/h2-11,13H,12H2,1H3. The van der Waals surface area contributed by atoms with Crippen molar-refractivity contribution in [3.63, 3.8) is 0 Å². The van der Waals surface area contributed by atoms with E-state index < -0.39 is 0 Å². The van der Waals surface area contributed by atoms with E-state index in [1.807, 2.05) is 6.07 Å². The van der Waals surface area contributed by atoms with E-state index in [2.05, 4.69) is 61.5 Å². The lowest BCUT2D eigenvalue weighted by atomic mass is 9.92. The number of allylic oxidation sites excluding steroid dienone is 3. The highest BCUT2D eigenvalue weighted by Gasteiger charge is 2.30. The lowest BCUT2D eigenvalue weighted by Crippen LogP contribution is -2.06. The van der Waals surface area contributed by atoms with E-state index in [1.54, 1.807) is 0 Å². The van der Waals surface area contributed by atoms with Gasteiger partial charge in [-0.25, -0.2) is 0 Å². The Kier molecular flexibility index (Phi) is 2.53. The van der Waals surface area contributed by atoms with Crippen molar-refractivity contribution in [3.05, 3.63) is 83.1 Å². The molecule has 1 unspecified atom stereocenters. The molecule has 2 aromatic carbocycles. The summed E-state index contributed by atoms with van der Waals surface area (Å²) >= 11 is 0. The molecule has 0 amide bonds. The molecule has 0 saturated heterocycles. The van der Waals surface area contributed by atoms with E-state index in [0.29, 0.717) is 5.92 Å². The van der Waals surface area contributed by atoms with E-state index >= 15 is 0 Å². The first-order valence-electron chi connectivity index (χ1n) is 7.09. The van der Waals surface area contributed by atoms with Gasteiger partial charge in [0.2, 0.25) is 0 Å². The number of ether oxygens (including phenoxy) is 1. The zero-order valence-corrected chi connectivity index (χ0v) is 11.5. The Bertz CT molecular complexity index is 722. The first-order chi connectivity index (χ1) is 9.83. The maximum Gasteiger partial charge on any atom is 0.130 e. The quantitative estimate of drug-likeness (QED) is 0.724. The SMILES string of the molecule is CC1C=C(c2ccccc2)OC2=C1c1ccccc1C2. The van der Waals surface area contributed by atoms with Crippen molar-refractivity contribution in [2.45, 2.75) is 13.3 Å². The Hall–Kier alpha value is -2.28. The minimum Gasteiger partial charge on any atom is -0.461 e. The van der Waals surface area contributed by atoms with E-state index in [4.69, 9.17) is 4.74 Å². The minimum absolute atomic E-state index is 0.401. The van der Waals surface area contributed by atoms with E-state index in [-0.39, 0.29) is 0 Å². The minimum atomic E-state index is 0.401. The van der Waals surface area contributed by atoms with Gasteiger partial charge in [0.05, 0.1) is 0 Å². The molecule has 0 spiro atoms. The highest BCUT2D eigenvalue weighted by molar-refractivity contribution is 5.82. The molecule has 20 heavy (non-hydrogen) atoms. The first-order valence-corrected chi connectivity index (χ1v) is 7.09. The third-order valence-corrected chi connectivity index (χ3v) is 4.11. The summed E-state index contributed by atoms with van der Waals surface area (Å²) in [6.07, 6.45) is 3.15. The Morgan fingerprint density at radius 1 is 0.950 bits per heavy atom. The summed E-state index contributed by atoms with van der Waals surface area (Å²) < 4.78 is 6.19. The molecule has 4 rings (SSSR count). The predicted octanol–water partition coefficient (Wildman–Crippen LogP) is 4.66. The van der Waals surface area contributed by atoms with Gasteiger partial charge in [-0.15, -0.1) is 0 Å². The second-order valence-electron chi connectivity index (χ2n) is 5.46. The van der Waals surface area contributed by atoms with Crippen LogP contribution >= 0.6 is 0 Å². The number of fused-ring (bicyclic) bond motifs is 2. The molecule has 0 N–H and O–H groups in total. The van der Waals surface area contributed by atoms with Gasteiger partial charge in [-0.2, -0.15) is 0 Å². The molecule has 1 aliphatic heterocycles. The van der Waals surface area contributed by atoms with Gasteiger partial charge in [-0.3, -0.25) is 0 Å². The third-order valence-electron chi connectivity index (χ3n) is 4.11. The van der Waals surface area contributed by atoms with Gasteiger partial charge in [0.1, 0.15) is 11.5 Å². The van der Waals surface area contributed by atoms with Crippen LogP contribution < -0.4 is 0 Å². The molecular formula is C19H16O. The summed E-state index contributed by atoms with van der Waals surface area (Å²) in [5.41, 5.74) is 5.26. The molecule has 1 nitrogen and oxygen atoms in total. The molecule has 0 aromatic heterocycles. The topological polar surface area (TPSA) is 9.23 Å². The summed E-state index contributed by atoms with van der Waals surface area (Å²) in [6, 6.07) is 19.0. The van der Waals surface area contributed by atoms with Gasteiger partial charge in [-0.1, -0.05) is 61.5 Å². The fourth-order valence-corrected chi connectivity index (χ4v) is 3.18. The molecule has 0 fully saturated rings. The van der Waals surface area contributed by atoms with Gasteiger partial charge in [0, 0.05) is 23.5 Å². The summed E-state index contributed by atoms with van der Waals surface area (Å²) in [6.45, 7) is 2.25. The summed E-state index contributed by atoms with van der Waals surface area (Å²) in [5.74, 6) is 2.52. The third kappa shape index (κ3) is 1.70. The average Bonchev–Trinajstić information content (AvgIpc) is 2.87. The normalized spacial score (nSPS) is 20.1. The summed E-state index contributed by atoms with van der Waals surface area (Å²) in [4.78, 5) is 0. The van der Waals surface area contributed by atoms with Crippen LogP contribution in [0.4, 0.5) is 0 Å². The molecule has 98 valence electrons. The maximum atomic E-state index is 6.19. The van der Waals surface area contributed by atoms with Crippen LogP contribution in [0, 0.1) is 5.92 Å².